The van der Waals surface area contributed by atoms with Crippen molar-refractivity contribution in [2.45, 2.75) is 20.0 Å². The van der Waals surface area contributed by atoms with E-state index in [1.165, 1.54) is 11.3 Å². The van der Waals surface area contributed by atoms with Crippen LogP contribution in [-0.2, 0) is 17.8 Å². The van der Waals surface area contributed by atoms with Gasteiger partial charge in [-0.15, -0.1) is 11.3 Å². The molecule has 138 valence electrons. The molecule has 3 rings (SSSR count). The van der Waals surface area contributed by atoms with Crippen LogP contribution in [0.4, 0.5) is 0 Å². The van der Waals surface area contributed by atoms with Crippen molar-refractivity contribution in [2.75, 3.05) is 0 Å². The summed E-state index contributed by atoms with van der Waals surface area (Å²) < 4.78 is 5.65. The lowest BCUT2D eigenvalue weighted by Crippen LogP contribution is -2.42. The molecule has 7 heteroatoms. The summed E-state index contributed by atoms with van der Waals surface area (Å²) in [6.45, 7) is 2.29. The van der Waals surface area contributed by atoms with Gasteiger partial charge < -0.3 is 4.74 Å². The van der Waals surface area contributed by atoms with Crippen molar-refractivity contribution in [3.63, 3.8) is 0 Å². The molecular formula is C20H19N3O3S. The molecule has 0 aliphatic rings. The summed E-state index contributed by atoms with van der Waals surface area (Å²) in [6, 6.07) is 17.0. The van der Waals surface area contributed by atoms with Gasteiger partial charge in [-0.05, 0) is 24.6 Å². The Balaban J connectivity index is 1.46. The van der Waals surface area contributed by atoms with Crippen molar-refractivity contribution in [2.24, 2.45) is 0 Å². The fourth-order valence-corrected chi connectivity index (χ4v) is 2.96. The second-order valence-corrected chi connectivity index (χ2v) is 6.84. The number of ether oxygens (including phenoxy) is 1. The molecule has 0 bridgehead atoms. The number of rotatable bonds is 6. The zero-order chi connectivity index (χ0) is 19.1. The number of amides is 2. The van der Waals surface area contributed by atoms with E-state index in [-0.39, 0.29) is 24.6 Å². The van der Waals surface area contributed by atoms with Crippen LogP contribution >= 0.6 is 11.3 Å². The number of hydrazine groups is 1. The predicted molar refractivity (Wildman–Crippen MR) is 103 cm³/mol. The number of carbonyl (C=O) groups is 2. The van der Waals surface area contributed by atoms with E-state index in [1.807, 2.05) is 61.5 Å². The maximum Gasteiger partial charge on any atom is 0.289 e. The van der Waals surface area contributed by atoms with E-state index in [1.54, 1.807) is 5.38 Å². The molecule has 0 saturated heterocycles. The lowest BCUT2D eigenvalue weighted by molar-refractivity contribution is -0.121. The first-order chi connectivity index (χ1) is 13.1. The highest BCUT2D eigenvalue weighted by Crippen LogP contribution is 2.16. The van der Waals surface area contributed by atoms with Gasteiger partial charge in [-0.1, -0.05) is 48.0 Å². The number of nitrogens with zero attached hydrogens (tertiary/aromatic N) is 1. The van der Waals surface area contributed by atoms with Gasteiger partial charge in [0.05, 0.1) is 6.42 Å². The maximum atomic E-state index is 12.1. The maximum absolute atomic E-state index is 12.1. The third-order valence-corrected chi connectivity index (χ3v) is 4.51. The largest absolute Gasteiger partial charge is 0.486 e. The number of thiazole rings is 1. The van der Waals surface area contributed by atoms with Crippen LogP contribution in [0.15, 0.2) is 60.0 Å². The number of carbonyl (C=O) groups excluding carboxylic acids is 2. The fraction of sp³-hybridized carbons (Fsp3) is 0.150. The Kier molecular flexibility index (Phi) is 6.17. The number of nitrogens with one attached hydrogen (secondary N) is 2. The first-order valence-electron chi connectivity index (χ1n) is 8.37. The predicted octanol–water partition coefficient (Wildman–Crippen LogP) is 3.03. The Morgan fingerprint density at radius 1 is 1.04 bits per heavy atom. The molecule has 2 N–H and O–H groups in total. The molecule has 3 aromatic rings. The molecule has 0 fully saturated rings. The molecule has 0 atom stereocenters. The van der Waals surface area contributed by atoms with Gasteiger partial charge in [0, 0.05) is 5.38 Å². The fourth-order valence-electron chi connectivity index (χ4n) is 2.28. The molecule has 27 heavy (non-hydrogen) atoms. The molecule has 0 unspecified atom stereocenters. The summed E-state index contributed by atoms with van der Waals surface area (Å²) >= 11 is 1.33. The minimum atomic E-state index is -0.464. The van der Waals surface area contributed by atoms with Crippen molar-refractivity contribution in [1.29, 1.82) is 0 Å². The zero-order valence-electron chi connectivity index (χ0n) is 14.8. The Bertz CT molecular complexity index is 908. The van der Waals surface area contributed by atoms with Crippen LogP contribution in [-0.4, -0.2) is 16.8 Å². The number of benzene rings is 2. The van der Waals surface area contributed by atoms with E-state index in [2.05, 4.69) is 15.8 Å². The van der Waals surface area contributed by atoms with Gasteiger partial charge in [0.25, 0.3) is 5.91 Å². The highest BCUT2D eigenvalue weighted by atomic mass is 32.1. The Morgan fingerprint density at radius 3 is 2.52 bits per heavy atom. The number of aryl methyl sites for hydroxylation is 1. The van der Waals surface area contributed by atoms with Gasteiger partial charge in [-0.3, -0.25) is 20.4 Å². The number of hydrogen-bond donors (Lipinski definition) is 2. The monoisotopic (exact) mass is 381 g/mol. The quantitative estimate of drug-likeness (QED) is 0.643. The van der Waals surface area contributed by atoms with Gasteiger partial charge >= 0.3 is 0 Å². The zero-order valence-corrected chi connectivity index (χ0v) is 15.6. The SMILES string of the molecule is Cc1ccc(OCc2nc(C(=O)NNC(=O)Cc3ccccc3)cs2)cc1. The van der Waals surface area contributed by atoms with E-state index in [4.69, 9.17) is 4.74 Å². The van der Waals surface area contributed by atoms with Crippen molar-refractivity contribution in [1.82, 2.24) is 15.8 Å². The Labute approximate surface area is 161 Å². The normalized spacial score (nSPS) is 10.3. The first-order valence-corrected chi connectivity index (χ1v) is 9.25. The molecule has 2 aromatic carbocycles. The van der Waals surface area contributed by atoms with E-state index in [0.717, 1.165) is 16.9 Å². The van der Waals surface area contributed by atoms with Gasteiger partial charge in [0.1, 0.15) is 23.1 Å². The average Bonchev–Trinajstić information content (AvgIpc) is 3.16. The Hall–Kier alpha value is -3.19. The molecule has 0 aliphatic heterocycles. The molecule has 0 radical (unpaired) electrons. The van der Waals surface area contributed by atoms with Gasteiger partial charge in [-0.2, -0.15) is 0 Å². The third-order valence-electron chi connectivity index (χ3n) is 3.69. The molecular weight excluding hydrogens is 362 g/mol. The van der Waals surface area contributed by atoms with Crippen LogP contribution in [0.2, 0.25) is 0 Å². The van der Waals surface area contributed by atoms with Crippen molar-refractivity contribution >= 4 is 23.2 Å². The third kappa shape index (κ3) is 5.65. The van der Waals surface area contributed by atoms with Crippen molar-refractivity contribution < 1.29 is 14.3 Å². The second-order valence-electron chi connectivity index (χ2n) is 5.89. The molecule has 0 spiro atoms. The minimum absolute atomic E-state index is 0.188. The van der Waals surface area contributed by atoms with Crippen LogP contribution in [0.3, 0.4) is 0 Å². The molecule has 0 aliphatic carbocycles. The van der Waals surface area contributed by atoms with Crippen LogP contribution in [0.25, 0.3) is 0 Å². The molecule has 0 saturated carbocycles. The summed E-state index contributed by atoms with van der Waals surface area (Å²) in [5, 5.41) is 2.31. The van der Waals surface area contributed by atoms with Crippen LogP contribution in [0, 0.1) is 6.92 Å². The smallest absolute Gasteiger partial charge is 0.289 e. The molecule has 2 amide bonds. The average molecular weight is 381 g/mol. The highest BCUT2D eigenvalue weighted by Gasteiger charge is 2.12. The van der Waals surface area contributed by atoms with E-state index in [0.29, 0.717) is 5.01 Å². The summed E-state index contributed by atoms with van der Waals surface area (Å²) in [5.74, 6) is -0.0167. The van der Waals surface area contributed by atoms with Crippen molar-refractivity contribution in [3.05, 3.63) is 81.8 Å². The summed E-state index contributed by atoms with van der Waals surface area (Å²) in [5.41, 5.74) is 7.04. The summed E-state index contributed by atoms with van der Waals surface area (Å²) in [7, 11) is 0. The molecule has 6 nitrogen and oxygen atoms in total. The van der Waals surface area contributed by atoms with Crippen LogP contribution < -0.4 is 15.6 Å². The van der Waals surface area contributed by atoms with E-state index < -0.39 is 5.91 Å². The standard InChI is InChI=1S/C20H19N3O3S/c1-14-7-9-16(10-8-14)26-12-19-21-17(13-27-19)20(25)23-22-18(24)11-15-5-3-2-4-6-15/h2-10,13H,11-12H2,1H3,(H,22,24)(H,23,25). The van der Waals surface area contributed by atoms with E-state index >= 15 is 0 Å². The molecule has 1 aromatic heterocycles. The summed E-state index contributed by atoms with van der Waals surface area (Å²) in [4.78, 5) is 28.2. The van der Waals surface area contributed by atoms with E-state index in [9.17, 15) is 9.59 Å². The first kappa shape index (κ1) is 18.6. The second kappa shape index (κ2) is 8.95. The topological polar surface area (TPSA) is 80.3 Å². The minimum Gasteiger partial charge on any atom is -0.486 e. The van der Waals surface area contributed by atoms with Crippen molar-refractivity contribution in [3.8, 4) is 5.75 Å². The van der Waals surface area contributed by atoms with Gasteiger partial charge in [-0.25, -0.2) is 4.98 Å². The lowest BCUT2D eigenvalue weighted by atomic mass is 10.1. The summed E-state index contributed by atoms with van der Waals surface area (Å²) in [6.07, 6.45) is 0.188. The Morgan fingerprint density at radius 2 is 1.78 bits per heavy atom. The van der Waals surface area contributed by atoms with Gasteiger partial charge in [0.2, 0.25) is 5.91 Å². The van der Waals surface area contributed by atoms with Crippen LogP contribution in [0.1, 0.15) is 26.6 Å². The number of aromatic nitrogens is 1. The highest BCUT2D eigenvalue weighted by molar-refractivity contribution is 7.09. The molecule has 1 heterocycles. The van der Waals surface area contributed by atoms with Crippen LogP contribution in [0.5, 0.6) is 5.75 Å². The number of hydrogen-bond acceptors (Lipinski definition) is 5. The lowest BCUT2D eigenvalue weighted by Gasteiger charge is -2.06. The van der Waals surface area contributed by atoms with Gasteiger partial charge in [0.15, 0.2) is 0 Å².